The summed E-state index contributed by atoms with van der Waals surface area (Å²) in [5.41, 5.74) is 6.03. The maximum atomic E-state index is 13.5. The van der Waals surface area contributed by atoms with Crippen LogP contribution in [0.2, 0.25) is 0 Å². The van der Waals surface area contributed by atoms with Crippen LogP contribution in [-0.2, 0) is 6.18 Å². The monoisotopic (exact) mass is 270 g/mol. The number of hydrogen-bond acceptors (Lipinski definition) is 2. The van der Waals surface area contributed by atoms with E-state index in [2.05, 4.69) is 4.98 Å². The summed E-state index contributed by atoms with van der Waals surface area (Å²) >= 11 is 0. The predicted molar refractivity (Wildman–Crippen MR) is 63.8 cm³/mol. The number of aromatic nitrogens is 1. The van der Waals surface area contributed by atoms with Gasteiger partial charge in [0.25, 0.3) is 0 Å². The first-order valence-electron chi connectivity index (χ1n) is 5.38. The van der Waals surface area contributed by atoms with Crippen LogP contribution in [0, 0.1) is 12.7 Å². The van der Waals surface area contributed by atoms with Crippen LogP contribution < -0.4 is 5.73 Å². The largest absolute Gasteiger partial charge is 0.419 e. The molecule has 0 aliphatic heterocycles. The van der Waals surface area contributed by atoms with Crippen LogP contribution in [0.4, 0.5) is 23.2 Å². The van der Waals surface area contributed by atoms with Crippen LogP contribution in [0.3, 0.4) is 0 Å². The molecule has 0 aliphatic rings. The molecule has 1 heterocycles. The Morgan fingerprint density at radius 1 is 1.16 bits per heavy atom. The maximum Gasteiger partial charge on any atom is 0.419 e. The second-order valence-electron chi connectivity index (χ2n) is 4.13. The number of pyridine rings is 1. The smallest absolute Gasteiger partial charge is 0.397 e. The summed E-state index contributed by atoms with van der Waals surface area (Å²) < 4.78 is 50.8. The lowest BCUT2D eigenvalue weighted by atomic mass is 10.0. The summed E-state index contributed by atoms with van der Waals surface area (Å²) in [7, 11) is 0. The molecule has 0 amide bonds. The lowest BCUT2D eigenvalue weighted by Gasteiger charge is -2.10. The van der Waals surface area contributed by atoms with Crippen LogP contribution in [-0.4, -0.2) is 4.98 Å². The predicted octanol–water partition coefficient (Wildman–Crippen LogP) is 3.80. The standard InChI is InChI=1S/C13H10F4N2/c1-7-4-9(18)6-19-12(7)8-2-3-10(11(14)5-8)13(15,16)17/h2-6H,18H2,1H3. The van der Waals surface area contributed by atoms with E-state index in [1.54, 1.807) is 13.0 Å². The van der Waals surface area contributed by atoms with Crippen molar-refractivity contribution in [3.8, 4) is 11.3 Å². The first-order valence-corrected chi connectivity index (χ1v) is 5.38. The quantitative estimate of drug-likeness (QED) is 0.800. The van der Waals surface area contributed by atoms with Crippen molar-refractivity contribution in [3.05, 3.63) is 47.4 Å². The van der Waals surface area contributed by atoms with Crippen LogP contribution in [0.5, 0.6) is 0 Å². The molecule has 2 rings (SSSR count). The van der Waals surface area contributed by atoms with Crippen LogP contribution >= 0.6 is 0 Å². The zero-order chi connectivity index (χ0) is 14.2. The topological polar surface area (TPSA) is 38.9 Å². The van der Waals surface area contributed by atoms with Crippen molar-refractivity contribution in [2.45, 2.75) is 13.1 Å². The van der Waals surface area contributed by atoms with Gasteiger partial charge in [0.2, 0.25) is 0 Å². The lowest BCUT2D eigenvalue weighted by Crippen LogP contribution is -2.08. The number of nitrogen functional groups attached to an aromatic ring is 1. The lowest BCUT2D eigenvalue weighted by molar-refractivity contribution is -0.139. The highest BCUT2D eigenvalue weighted by Crippen LogP contribution is 2.33. The van der Waals surface area contributed by atoms with Crippen molar-refractivity contribution in [1.82, 2.24) is 4.98 Å². The second kappa shape index (κ2) is 4.53. The van der Waals surface area contributed by atoms with Crippen molar-refractivity contribution in [3.63, 3.8) is 0 Å². The van der Waals surface area contributed by atoms with E-state index in [0.29, 0.717) is 23.0 Å². The minimum atomic E-state index is -4.70. The first-order chi connectivity index (χ1) is 8.79. The highest BCUT2D eigenvalue weighted by molar-refractivity contribution is 5.65. The van der Waals surface area contributed by atoms with Gasteiger partial charge in [-0.15, -0.1) is 0 Å². The number of halogens is 4. The number of nitrogens with zero attached hydrogens (tertiary/aromatic N) is 1. The summed E-state index contributed by atoms with van der Waals surface area (Å²) in [4.78, 5) is 4.01. The van der Waals surface area contributed by atoms with Crippen LogP contribution in [0.25, 0.3) is 11.3 Å². The van der Waals surface area contributed by atoms with E-state index in [9.17, 15) is 17.6 Å². The third-order valence-corrected chi connectivity index (χ3v) is 2.65. The zero-order valence-electron chi connectivity index (χ0n) is 9.92. The molecule has 100 valence electrons. The van der Waals surface area contributed by atoms with Crippen molar-refractivity contribution in [1.29, 1.82) is 0 Å². The van der Waals surface area contributed by atoms with E-state index in [4.69, 9.17) is 5.73 Å². The zero-order valence-corrected chi connectivity index (χ0v) is 9.92. The van der Waals surface area contributed by atoms with Gasteiger partial charge in [0.1, 0.15) is 5.82 Å². The van der Waals surface area contributed by atoms with E-state index in [0.717, 1.165) is 6.07 Å². The number of alkyl halides is 3. The molecule has 0 bridgehead atoms. The van der Waals surface area contributed by atoms with E-state index < -0.39 is 17.6 Å². The van der Waals surface area contributed by atoms with Crippen molar-refractivity contribution in [2.24, 2.45) is 0 Å². The number of anilines is 1. The van der Waals surface area contributed by atoms with Gasteiger partial charge in [0.05, 0.1) is 23.1 Å². The number of nitrogens with two attached hydrogens (primary N) is 1. The average Bonchev–Trinajstić information content (AvgIpc) is 2.26. The van der Waals surface area contributed by atoms with Gasteiger partial charge in [-0.3, -0.25) is 4.98 Å². The Kier molecular flexibility index (Phi) is 3.18. The summed E-state index contributed by atoms with van der Waals surface area (Å²) in [5, 5.41) is 0. The number of benzene rings is 1. The fraction of sp³-hybridized carbons (Fsp3) is 0.154. The fourth-order valence-electron chi connectivity index (χ4n) is 1.79. The Balaban J connectivity index is 2.51. The number of hydrogen-bond donors (Lipinski definition) is 1. The highest BCUT2D eigenvalue weighted by atomic mass is 19.4. The Hall–Kier alpha value is -2.11. The molecule has 0 radical (unpaired) electrons. The van der Waals surface area contributed by atoms with Crippen LogP contribution in [0.15, 0.2) is 30.5 Å². The Bertz CT molecular complexity index is 621. The summed E-state index contributed by atoms with van der Waals surface area (Å²) in [6.45, 7) is 1.70. The molecule has 0 saturated heterocycles. The molecule has 0 saturated carbocycles. The fourth-order valence-corrected chi connectivity index (χ4v) is 1.79. The molecule has 6 heteroatoms. The molecule has 19 heavy (non-hydrogen) atoms. The third-order valence-electron chi connectivity index (χ3n) is 2.65. The van der Waals surface area contributed by atoms with Gasteiger partial charge < -0.3 is 5.73 Å². The minimum Gasteiger partial charge on any atom is -0.397 e. The van der Waals surface area contributed by atoms with E-state index in [-0.39, 0.29) is 5.56 Å². The molecule has 2 N–H and O–H groups in total. The van der Waals surface area contributed by atoms with Gasteiger partial charge in [-0.05, 0) is 30.7 Å². The average molecular weight is 270 g/mol. The molecule has 2 aromatic rings. The van der Waals surface area contributed by atoms with Crippen LogP contribution in [0.1, 0.15) is 11.1 Å². The van der Waals surface area contributed by atoms with E-state index >= 15 is 0 Å². The molecule has 0 unspecified atom stereocenters. The molecule has 2 nitrogen and oxygen atoms in total. The Morgan fingerprint density at radius 2 is 1.84 bits per heavy atom. The number of aryl methyl sites for hydroxylation is 1. The molecule has 0 aliphatic carbocycles. The molecule has 0 spiro atoms. The summed E-state index contributed by atoms with van der Waals surface area (Å²) in [6.07, 6.45) is -3.33. The van der Waals surface area contributed by atoms with E-state index in [1.165, 1.54) is 12.3 Å². The van der Waals surface area contributed by atoms with Gasteiger partial charge in [0, 0.05) is 5.56 Å². The highest BCUT2D eigenvalue weighted by Gasteiger charge is 2.34. The molecule has 0 atom stereocenters. The van der Waals surface area contributed by atoms with Crippen molar-refractivity contribution >= 4 is 5.69 Å². The molecule has 1 aromatic carbocycles. The van der Waals surface area contributed by atoms with Gasteiger partial charge in [0.15, 0.2) is 0 Å². The Labute approximate surface area is 106 Å². The molecular formula is C13H10F4N2. The first kappa shape index (κ1) is 13.3. The third kappa shape index (κ3) is 2.67. The SMILES string of the molecule is Cc1cc(N)cnc1-c1ccc(C(F)(F)F)c(F)c1. The van der Waals surface area contributed by atoms with E-state index in [1.807, 2.05) is 0 Å². The van der Waals surface area contributed by atoms with Gasteiger partial charge in [-0.1, -0.05) is 6.07 Å². The maximum absolute atomic E-state index is 13.5. The van der Waals surface area contributed by atoms with Gasteiger partial charge in [-0.25, -0.2) is 4.39 Å². The molecule has 0 fully saturated rings. The van der Waals surface area contributed by atoms with Crippen molar-refractivity contribution < 1.29 is 17.6 Å². The summed E-state index contributed by atoms with van der Waals surface area (Å²) in [6, 6.07) is 4.35. The van der Waals surface area contributed by atoms with Gasteiger partial charge >= 0.3 is 6.18 Å². The minimum absolute atomic E-state index is 0.281. The van der Waals surface area contributed by atoms with Crippen molar-refractivity contribution in [2.75, 3.05) is 5.73 Å². The normalized spacial score (nSPS) is 11.6. The second-order valence-corrected chi connectivity index (χ2v) is 4.13. The molecular weight excluding hydrogens is 260 g/mol. The molecule has 1 aromatic heterocycles. The van der Waals surface area contributed by atoms with Gasteiger partial charge in [-0.2, -0.15) is 13.2 Å². The number of rotatable bonds is 1. The summed E-state index contributed by atoms with van der Waals surface area (Å²) in [5.74, 6) is -1.32. The Morgan fingerprint density at radius 3 is 2.37 bits per heavy atom.